The van der Waals surface area contributed by atoms with Crippen molar-refractivity contribution < 1.29 is 14.3 Å². The van der Waals surface area contributed by atoms with Crippen LogP contribution >= 0.6 is 23.5 Å². The highest BCUT2D eigenvalue weighted by Crippen LogP contribution is 2.51. The van der Waals surface area contributed by atoms with E-state index in [1.54, 1.807) is 6.08 Å². The Morgan fingerprint density at radius 3 is 2.50 bits per heavy atom. The Morgan fingerprint density at radius 2 is 1.76 bits per heavy atom. The van der Waals surface area contributed by atoms with Gasteiger partial charge in [0.15, 0.2) is 0 Å². The van der Waals surface area contributed by atoms with Gasteiger partial charge in [-0.2, -0.15) is 0 Å². The van der Waals surface area contributed by atoms with Crippen LogP contribution in [-0.4, -0.2) is 88.3 Å². The molecule has 0 bridgehead atoms. The molecule has 0 aliphatic carbocycles. The molecule has 5 rings (SSSR count). The Balaban J connectivity index is 1.33. The standard InChI is InChI=1S/C29H36N4O3S2/c1-21(32-9-14-35-15-10-32)20-31-22-6-7-26-28(18-22)37-27-5-3-4-24(29(27)38-26)25(30-2)19-23(8-13-34)33-11-16-36-17-12-33/h3-8,13,18-19,21,30-31H,9-12,14-17,20H2,1-2H3/b23-8+,25-19-. The number of allylic oxidation sites excluding steroid dienone is 2. The van der Waals surface area contributed by atoms with Crippen LogP contribution in [0.5, 0.6) is 0 Å². The summed E-state index contributed by atoms with van der Waals surface area (Å²) in [7, 11) is 1.94. The lowest BCUT2D eigenvalue weighted by Gasteiger charge is -2.32. The first-order valence-electron chi connectivity index (χ1n) is 13.2. The Hall–Kier alpha value is -2.43. The molecule has 0 amide bonds. The van der Waals surface area contributed by atoms with Crippen LogP contribution in [0.3, 0.4) is 0 Å². The maximum atomic E-state index is 11.4. The topological polar surface area (TPSA) is 66.1 Å². The molecule has 2 N–H and O–H groups in total. The molecule has 3 aliphatic heterocycles. The van der Waals surface area contributed by atoms with E-state index in [0.717, 1.165) is 74.9 Å². The van der Waals surface area contributed by atoms with Crippen molar-refractivity contribution in [1.29, 1.82) is 0 Å². The van der Waals surface area contributed by atoms with Crippen molar-refractivity contribution in [2.45, 2.75) is 32.5 Å². The van der Waals surface area contributed by atoms with E-state index in [0.29, 0.717) is 19.3 Å². The Kier molecular flexibility index (Phi) is 9.35. The van der Waals surface area contributed by atoms with Gasteiger partial charge in [0, 0.05) is 94.1 Å². The van der Waals surface area contributed by atoms with Crippen molar-refractivity contribution in [1.82, 2.24) is 15.1 Å². The second kappa shape index (κ2) is 13.1. The van der Waals surface area contributed by atoms with Gasteiger partial charge in [-0.15, -0.1) is 0 Å². The Bertz CT molecular complexity index is 1190. The number of rotatable bonds is 9. The number of nitrogens with one attached hydrogen (secondary N) is 2. The summed E-state index contributed by atoms with van der Waals surface area (Å²) in [6, 6.07) is 13.6. The molecular weight excluding hydrogens is 516 g/mol. The van der Waals surface area contributed by atoms with Gasteiger partial charge in [0.2, 0.25) is 0 Å². The molecule has 7 nitrogen and oxygen atoms in total. The molecule has 0 radical (unpaired) electrons. The molecule has 2 saturated heterocycles. The van der Waals surface area contributed by atoms with Crippen molar-refractivity contribution in [2.75, 3.05) is 71.5 Å². The van der Waals surface area contributed by atoms with Crippen LogP contribution in [0.4, 0.5) is 5.69 Å². The molecule has 0 saturated carbocycles. The monoisotopic (exact) mass is 552 g/mol. The smallest absolute Gasteiger partial charge is 0.144 e. The van der Waals surface area contributed by atoms with Gasteiger partial charge in [-0.05, 0) is 37.3 Å². The molecule has 38 heavy (non-hydrogen) atoms. The maximum absolute atomic E-state index is 11.4. The number of anilines is 1. The van der Waals surface area contributed by atoms with Crippen LogP contribution < -0.4 is 10.6 Å². The second-order valence-electron chi connectivity index (χ2n) is 9.51. The summed E-state index contributed by atoms with van der Waals surface area (Å²) in [6.07, 6.45) is 4.59. The quantitative estimate of drug-likeness (QED) is 0.228. The zero-order valence-electron chi connectivity index (χ0n) is 22.1. The number of carbonyl (C=O) groups excluding carboxylic acids is 1. The van der Waals surface area contributed by atoms with Gasteiger partial charge >= 0.3 is 0 Å². The van der Waals surface area contributed by atoms with Crippen LogP contribution in [0, 0.1) is 0 Å². The molecular formula is C29H36N4O3S2. The highest BCUT2D eigenvalue weighted by atomic mass is 32.2. The lowest BCUT2D eigenvalue weighted by atomic mass is 10.1. The van der Waals surface area contributed by atoms with Crippen molar-refractivity contribution in [3.05, 3.63) is 59.8 Å². The Labute approximate surface area is 234 Å². The summed E-state index contributed by atoms with van der Waals surface area (Å²) in [5, 5.41) is 7.03. The molecule has 3 heterocycles. The number of fused-ring (bicyclic) bond motifs is 2. The van der Waals surface area contributed by atoms with Gasteiger partial charge < -0.3 is 25.0 Å². The SMILES string of the molecule is CN/C(=C\C(=C/C=O)N1CCOCC1)c1cccc2c1Sc1ccc(NCC(C)N3CCOCC3)cc1S2. The first-order valence-corrected chi connectivity index (χ1v) is 14.9. The van der Waals surface area contributed by atoms with Crippen molar-refractivity contribution in [2.24, 2.45) is 0 Å². The average Bonchev–Trinajstić information content (AvgIpc) is 2.97. The molecule has 0 aromatic heterocycles. The summed E-state index contributed by atoms with van der Waals surface area (Å²) in [5.41, 5.74) is 4.19. The van der Waals surface area contributed by atoms with Gasteiger partial charge in [-0.1, -0.05) is 35.7 Å². The Morgan fingerprint density at radius 1 is 1.00 bits per heavy atom. The number of hydrogen-bond donors (Lipinski definition) is 2. The third kappa shape index (κ3) is 6.40. The van der Waals surface area contributed by atoms with Gasteiger partial charge in [0.1, 0.15) is 6.29 Å². The zero-order valence-corrected chi connectivity index (χ0v) is 23.7. The van der Waals surface area contributed by atoms with Gasteiger partial charge in [0.25, 0.3) is 0 Å². The van der Waals surface area contributed by atoms with E-state index in [9.17, 15) is 4.79 Å². The van der Waals surface area contributed by atoms with E-state index in [1.807, 2.05) is 30.6 Å². The minimum absolute atomic E-state index is 0.461. The summed E-state index contributed by atoms with van der Waals surface area (Å²) in [5.74, 6) is 0. The molecule has 2 aromatic rings. The number of nitrogens with zero attached hydrogens (tertiary/aromatic N) is 2. The molecule has 9 heteroatoms. The molecule has 2 fully saturated rings. The van der Waals surface area contributed by atoms with Crippen LogP contribution in [0.15, 0.2) is 73.8 Å². The van der Waals surface area contributed by atoms with Crippen molar-refractivity contribution in [3.63, 3.8) is 0 Å². The predicted octanol–water partition coefficient (Wildman–Crippen LogP) is 4.41. The predicted molar refractivity (Wildman–Crippen MR) is 155 cm³/mol. The first-order chi connectivity index (χ1) is 18.7. The highest BCUT2D eigenvalue weighted by molar-refractivity contribution is 8.05. The molecule has 1 atom stereocenters. The number of morpholine rings is 2. The normalized spacial score (nSPS) is 19.4. The van der Waals surface area contributed by atoms with Crippen LogP contribution in [-0.2, 0) is 14.3 Å². The summed E-state index contributed by atoms with van der Waals surface area (Å²) in [4.78, 5) is 21.1. The zero-order chi connectivity index (χ0) is 26.3. The number of ether oxygens (including phenoxy) is 2. The third-order valence-corrected chi connectivity index (χ3v) is 9.69. The summed E-state index contributed by atoms with van der Waals surface area (Å²) in [6.45, 7) is 9.74. The fraction of sp³-hybridized carbons (Fsp3) is 0.414. The molecule has 3 aliphatic rings. The fourth-order valence-electron chi connectivity index (χ4n) is 4.91. The van der Waals surface area contributed by atoms with Crippen molar-refractivity contribution in [3.8, 4) is 0 Å². The van der Waals surface area contributed by atoms with Crippen molar-refractivity contribution >= 4 is 41.2 Å². The van der Waals surface area contributed by atoms with Gasteiger partial charge in [0.05, 0.1) is 26.4 Å². The van der Waals surface area contributed by atoms with Crippen LogP contribution in [0.25, 0.3) is 5.70 Å². The number of benzene rings is 2. The molecule has 0 spiro atoms. The van der Waals surface area contributed by atoms with Crippen LogP contribution in [0.1, 0.15) is 12.5 Å². The molecule has 2 aromatic carbocycles. The molecule has 1 unspecified atom stereocenters. The summed E-state index contributed by atoms with van der Waals surface area (Å²) >= 11 is 3.63. The van der Waals surface area contributed by atoms with E-state index in [4.69, 9.17) is 9.47 Å². The van der Waals surface area contributed by atoms with E-state index < -0.39 is 0 Å². The highest BCUT2D eigenvalue weighted by Gasteiger charge is 2.23. The van der Waals surface area contributed by atoms with Gasteiger partial charge in [-0.25, -0.2) is 0 Å². The average molecular weight is 553 g/mol. The van der Waals surface area contributed by atoms with E-state index in [-0.39, 0.29) is 0 Å². The largest absolute Gasteiger partial charge is 0.388 e. The maximum Gasteiger partial charge on any atom is 0.144 e. The number of aldehydes is 1. The van der Waals surface area contributed by atoms with Gasteiger partial charge in [-0.3, -0.25) is 9.69 Å². The number of hydrogen-bond acceptors (Lipinski definition) is 9. The van der Waals surface area contributed by atoms with E-state index >= 15 is 0 Å². The second-order valence-corrected chi connectivity index (χ2v) is 11.6. The lowest BCUT2D eigenvalue weighted by molar-refractivity contribution is -0.104. The first kappa shape index (κ1) is 27.1. The van der Waals surface area contributed by atoms with Crippen LogP contribution in [0.2, 0.25) is 0 Å². The van der Waals surface area contributed by atoms with E-state index in [1.165, 1.54) is 19.6 Å². The molecule has 202 valence electrons. The minimum atomic E-state index is 0.461. The lowest BCUT2D eigenvalue weighted by Crippen LogP contribution is -2.45. The fourth-order valence-corrected chi connectivity index (χ4v) is 7.32. The number of carbonyl (C=O) groups is 1. The third-order valence-electron chi connectivity index (χ3n) is 7.09. The minimum Gasteiger partial charge on any atom is -0.388 e. The summed E-state index contributed by atoms with van der Waals surface area (Å²) < 4.78 is 11.0. The van der Waals surface area contributed by atoms with E-state index in [2.05, 4.69) is 69.8 Å².